The quantitative estimate of drug-likeness (QED) is 0.848. The fourth-order valence-electron chi connectivity index (χ4n) is 2.54. The van der Waals surface area contributed by atoms with Gasteiger partial charge in [0, 0.05) is 31.0 Å². The number of rotatable bonds is 4. The maximum Gasteiger partial charge on any atom is 0.225 e. The molecule has 0 aliphatic carbocycles. The summed E-state index contributed by atoms with van der Waals surface area (Å²) in [6.45, 7) is 9.67. The molecule has 1 atom stereocenters. The number of aromatic nitrogens is 2. The van der Waals surface area contributed by atoms with Gasteiger partial charge in [0.2, 0.25) is 11.9 Å². The predicted octanol–water partition coefficient (Wildman–Crippen LogP) is 1.61. The molecule has 1 aromatic heterocycles. The summed E-state index contributed by atoms with van der Waals surface area (Å²) in [4.78, 5) is 23.1. The van der Waals surface area contributed by atoms with Gasteiger partial charge in [-0.15, -0.1) is 6.58 Å². The van der Waals surface area contributed by atoms with E-state index in [0.717, 1.165) is 36.7 Å². The number of hydrogen-bond acceptors (Lipinski definition) is 4. The van der Waals surface area contributed by atoms with Gasteiger partial charge in [0.15, 0.2) is 0 Å². The van der Waals surface area contributed by atoms with Crippen molar-refractivity contribution in [3.8, 4) is 0 Å². The van der Waals surface area contributed by atoms with E-state index in [-0.39, 0.29) is 11.8 Å². The van der Waals surface area contributed by atoms with Crippen LogP contribution in [0.5, 0.6) is 0 Å². The third kappa shape index (κ3) is 3.56. The molecule has 1 amide bonds. The topological polar surface area (TPSA) is 58.1 Å². The standard InChI is InChI=1S/C15H22N4O/c1-4-7-16-14(20)13-6-5-8-19(10-13)15-17-11(2)9-12(3)18-15/h4,9,13H,1,5-8,10H2,2-3H3,(H,16,20)/t13-/m1/s1. The van der Waals surface area contributed by atoms with E-state index < -0.39 is 0 Å². The molecule has 5 heteroatoms. The van der Waals surface area contributed by atoms with E-state index in [4.69, 9.17) is 0 Å². The van der Waals surface area contributed by atoms with E-state index in [2.05, 4.69) is 26.8 Å². The lowest BCUT2D eigenvalue weighted by Crippen LogP contribution is -2.43. The Hall–Kier alpha value is -1.91. The molecule has 2 heterocycles. The second-order valence-corrected chi connectivity index (χ2v) is 5.27. The van der Waals surface area contributed by atoms with E-state index in [9.17, 15) is 4.79 Å². The third-order valence-electron chi connectivity index (χ3n) is 3.47. The van der Waals surface area contributed by atoms with Gasteiger partial charge in [-0.05, 0) is 32.8 Å². The normalized spacial score (nSPS) is 18.7. The lowest BCUT2D eigenvalue weighted by atomic mass is 9.97. The van der Waals surface area contributed by atoms with Gasteiger partial charge in [0.05, 0.1) is 5.92 Å². The Kier molecular flexibility index (Phi) is 4.71. The molecule has 2 rings (SSSR count). The molecule has 5 nitrogen and oxygen atoms in total. The predicted molar refractivity (Wildman–Crippen MR) is 79.6 cm³/mol. The van der Waals surface area contributed by atoms with Crippen LogP contribution in [0.3, 0.4) is 0 Å². The Morgan fingerprint density at radius 2 is 2.20 bits per heavy atom. The number of hydrogen-bond donors (Lipinski definition) is 1. The number of piperidine rings is 1. The number of amides is 1. The van der Waals surface area contributed by atoms with Gasteiger partial charge in [-0.3, -0.25) is 4.79 Å². The molecule has 1 aromatic rings. The number of aryl methyl sites for hydroxylation is 2. The Labute approximate surface area is 120 Å². The van der Waals surface area contributed by atoms with Gasteiger partial charge < -0.3 is 10.2 Å². The zero-order valence-electron chi connectivity index (χ0n) is 12.2. The Bertz CT molecular complexity index is 480. The number of anilines is 1. The number of nitrogens with zero attached hydrogens (tertiary/aromatic N) is 3. The molecular formula is C15H22N4O. The van der Waals surface area contributed by atoms with Crippen molar-refractivity contribution in [2.24, 2.45) is 5.92 Å². The highest BCUT2D eigenvalue weighted by Gasteiger charge is 2.26. The van der Waals surface area contributed by atoms with E-state index in [1.165, 1.54) is 0 Å². The van der Waals surface area contributed by atoms with Crippen molar-refractivity contribution in [3.05, 3.63) is 30.1 Å². The molecule has 1 saturated heterocycles. The van der Waals surface area contributed by atoms with E-state index in [1.54, 1.807) is 6.08 Å². The van der Waals surface area contributed by atoms with Gasteiger partial charge in [0.25, 0.3) is 0 Å². The fourth-order valence-corrected chi connectivity index (χ4v) is 2.54. The largest absolute Gasteiger partial charge is 0.352 e. The van der Waals surface area contributed by atoms with Crippen LogP contribution < -0.4 is 10.2 Å². The summed E-state index contributed by atoms with van der Waals surface area (Å²) < 4.78 is 0. The highest BCUT2D eigenvalue weighted by Crippen LogP contribution is 2.21. The van der Waals surface area contributed by atoms with Gasteiger partial charge in [-0.2, -0.15) is 0 Å². The lowest BCUT2D eigenvalue weighted by molar-refractivity contribution is -0.125. The molecule has 1 fully saturated rings. The maximum absolute atomic E-state index is 12.0. The minimum atomic E-state index is 0.00752. The first-order valence-electron chi connectivity index (χ1n) is 7.06. The van der Waals surface area contributed by atoms with Crippen LogP contribution in [0.2, 0.25) is 0 Å². The number of carbonyl (C=O) groups excluding carboxylic acids is 1. The summed E-state index contributed by atoms with van der Waals surface area (Å²) in [6.07, 6.45) is 3.61. The molecule has 1 N–H and O–H groups in total. The van der Waals surface area contributed by atoms with Gasteiger partial charge in [0.1, 0.15) is 0 Å². The van der Waals surface area contributed by atoms with Gasteiger partial charge >= 0.3 is 0 Å². The molecule has 108 valence electrons. The van der Waals surface area contributed by atoms with Crippen molar-refractivity contribution < 1.29 is 4.79 Å². The van der Waals surface area contributed by atoms with E-state index >= 15 is 0 Å². The summed E-state index contributed by atoms with van der Waals surface area (Å²) in [5, 5.41) is 2.87. The first-order valence-corrected chi connectivity index (χ1v) is 7.06. The molecule has 0 spiro atoms. The van der Waals surface area contributed by atoms with Crippen LogP contribution in [-0.2, 0) is 4.79 Å². The first kappa shape index (κ1) is 14.5. The molecule has 1 aliphatic rings. The van der Waals surface area contributed by atoms with Crippen molar-refractivity contribution in [2.75, 3.05) is 24.5 Å². The third-order valence-corrected chi connectivity index (χ3v) is 3.47. The second-order valence-electron chi connectivity index (χ2n) is 5.27. The monoisotopic (exact) mass is 274 g/mol. The van der Waals surface area contributed by atoms with Crippen molar-refractivity contribution in [2.45, 2.75) is 26.7 Å². The van der Waals surface area contributed by atoms with Crippen molar-refractivity contribution in [1.29, 1.82) is 0 Å². The minimum absolute atomic E-state index is 0.00752. The summed E-state index contributed by atoms with van der Waals surface area (Å²) in [6, 6.07) is 1.96. The SMILES string of the molecule is C=CCNC(=O)[C@@H]1CCCN(c2nc(C)cc(C)n2)C1. The maximum atomic E-state index is 12.0. The molecule has 20 heavy (non-hydrogen) atoms. The summed E-state index contributed by atoms with van der Waals surface area (Å²) in [7, 11) is 0. The highest BCUT2D eigenvalue weighted by molar-refractivity contribution is 5.79. The van der Waals surface area contributed by atoms with Crippen LogP contribution >= 0.6 is 0 Å². The summed E-state index contributed by atoms with van der Waals surface area (Å²) >= 11 is 0. The van der Waals surface area contributed by atoms with E-state index in [0.29, 0.717) is 13.1 Å². The first-order chi connectivity index (χ1) is 9.60. The van der Waals surface area contributed by atoms with Crippen LogP contribution in [0.1, 0.15) is 24.2 Å². The van der Waals surface area contributed by atoms with Gasteiger partial charge in [-0.25, -0.2) is 9.97 Å². The fraction of sp³-hybridized carbons (Fsp3) is 0.533. The molecule has 0 saturated carbocycles. The second kappa shape index (κ2) is 6.50. The Morgan fingerprint density at radius 1 is 1.50 bits per heavy atom. The van der Waals surface area contributed by atoms with Crippen molar-refractivity contribution >= 4 is 11.9 Å². The molecule has 0 aromatic carbocycles. The number of carbonyl (C=O) groups is 1. The van der Waals surface area contributed by atoms with Crippen molar-refractivity contribution in [3.63, 3.8) is 0 Å². The van der Waals surface area contributed by atoms with Crippen LogP contribution in [-0.4, -0.2) is 35.5 Å². The molecule has 1 aliphatic heterocycles. The van der Waals surface area contributed by atoms with E-state index in [1.807, 2.05) is 19.9 Å². The number of nitrogens with one attached hydrogen (secondary N) is 1. The van der Waals surface area contributed by atoms with Crippen LogP contribution in [0.25, 0.3) is 0 Å². The van der Waals surface area contributed by atoms with Crippen LogP contribution in [0.15, 0.2) is 18.7 Å². The Balaban J connectivity index is 2.06. The molecule has 0 unspecified atom stereocenters. The highest BCUT2D eigenvalue weighted by atomic mass is 16.1. The average molecular weight is 274 g/mol. The van der Waals surface area contributed by atoms with Gasteiger partial charge in [-0.1, -0.05) is 6.08 Å². The van der Waals surface area contributed by atoms with Crippen LogP contribution in [0.4, 0.5) is 5.95 Å². The smallest absolute Gasteiger partial charge is 0.225 e. The zero-order chi connectivity index (χ0) is 14.5. The minimum Gasteiger partial charge on any atom is -0.352 e. The average Bonchev–Trinajstić information content (AvgIpc) is 2.44. The molecular weight excluding hydrogens is 252 g/mol. The Morgan fingerprint density at radius 3 is 2.85 bits per heavy atom. The van der Waals surface area contributed by atoms with Crippen molar-refractivity contribution in [1.82, 2.24) is 15.3 Å². The summed E-state index contributed by atoms with van der Waals surface area (Å²) in [5.41, 5.74) is 1.93. The van der Waals surface area contributed by atoms with Crippen LogP contribution in [0, 0.1) is 19.8 Å². The molecule has 0 radical (unpaired) electrons. The molecule has 0 bridgehead atoms. The zero-order valence-corrected chi connectivity index (χ0v) is 12.2. The lowest BCUT2D eigenvalue weighted by Gasteiger charge is -2.32. The summed E-state index contributed by atoms with van der Waals surface area (Å²) in [5.74, 6) is 0.843.